The van der Waals surface area contributed by atoms with Crippen molar-refractivity contribution in [2.45, 2.75) is 18.9 Å². The Morgan fingerprint density at radius 2 is 1.62 bits per heavy atom. The Hall–Kier alpha value is -3.64. The zero-order valence-corrected chi connectivity index (χ0v) is 18.4. The molecule has 1 N–H and O–H groups in total. The summed E-state index contributed by atoms with van der Waals surface area (Å²) in [5, 5.41) is 10.9. The molecule has 0 bridgehead atoms. The van der Waals surface area contributed by atoms with E-state index in [4.69, 9.17) is 17.3 Å². The van der Waals surface area contributed by atoms with Gasteiger partial charge in [0.25, 0.3) is 0 Å². The van der Waals surface area contributed by atoms with Crippen molar-refractivity contribution in [3.63, 3.8) is 0 Å². The molecule has 3 aromatic carbocycles. The molecule has 1 aliphatic rings. The molecule has 1 aromatic heterocycles. The van der Waals surface area contributed by atoms with Gasteiger partial charge in [0, 0.05) is 25.4 Å². The molecule has 1 atom stereocenters. The highest BCUT2D eigenvalue weighted by molar-refractivity contribution is 7.80. The summed E-state index contributed by atoms with van der Waals surface area (Å²) in [6, 6.07) is 26.9. The fourth-order valence-electron chi connectivity index (χ4n) is 3.99. The molecular formula is C26H23N5S. The van der Waals surface area contributed by atoms with Crippen LogP contribution in [0.5, 0.6) is 0 Å². The first-order valence-electron chi connectivity index (χ1n) is 10.7. The zero-order chi connectivity index (χ0) is 21.8. The van der Waals surface area contributed by atoms with E-state index in [2.05, 4.69) is 63.8 Å². The predicted molar refractivity (Wildman–Crippen MR) is 132 cm³/mol. The Morgan fingerprint density at radius 3 is 2.41 bits per heavy atom. The molecule has 1 aliphatic heterocycles. The van der Waals surface area contributed by atoms with Gasteiger partial charge in [-0.25, -0.2) is 5.01 Å². The van der Waals surface area contributed by atoms with E-state index in [0.29, 0.717) is 5.11 Å². The number of nitrogens with one attached hydrogen (secondary N) is 1. The Labute approximate surface area is 192 Å². The number of aromatic nitrogens is 2. The molecule has 0 radical (unpaired) electrons. The lowest BCUT2D eigenvalue weighted by atomic mass is 9.98. The Kier molecular flexibility index (Phi) is 5.85. The number of nitrogens with zero attached hydrogens (tertiary/aromatic N) is 4. The molecule has 32 heavy (non-hydrogen) atoms. The summed E-state index contributed by atoms with van der Waals surface area (Å²) in [5.74, 6) is 0. The molecule has 0 unspecified atom stereocenters. The van der Waals surface area contributed by atoms with Crippen LogP contribution in [0.2, 0.25) is 0 Å². The van der Waals surface area contributed by atoms with Gasteiger partial charge in [-0.2, -0.15) is 5.10 Å². The maximum absolute atomic E-state index is 5.78. The van der Waals surface area contributed by atoms with E-state index < -0.39 is 0 Å². The van der Waals surface area contributed by atoms with Crippen molar-refractivity contribution in [2.24, 2.45) is 5.10 Å². The van der Waals surface area contributed by atoms with Gasteiger partial charge in [-0.1, -0.05) is 66.7 Å². The van der Waals surface area contributed by atoms with Crippen molar-refractivity contribution in [1.29, 1.82) is 0 Å². The molecule has 0 aliphatic carbocycles. The second-order valence-electron chi connectivity index (χ2n) is 7.75. The molecule has 0 saturated carbocycles. The van der Waals surface area contributed by atoms with E-state index >= 15 is 0 Å². The highest BCUT2D eigenvalue weighted by Crippen LogP contribution is 2.33. The molecule has 0 amide bonds. The molecule has 5 rings (SSSR count). The van der Waals surface area contributed by atoms with Gasteiger partial charge in [0.05, 0.1) is 22.8 Å². The van der Waals surface area contributed by atoms with Gasteiger partial charge in [-0.15, -0.1) is 0 Å². The molecule has 6 heteroatoms. The van der Waals surface area contributed by atoms with Gasteiger partial charge in [0.2, 0.25) is 0 Å². The SMILES string of the molecule is S=C(NCCc1ccccc1)N1N=C(c2ccccc2)C[C@@H]1c1ccc2nccnc2c1. The lowest BCUT2D eigenvalue weighted by Gasteiger charge is -2.25. The molecular weight excluding hydrogens is 414 g/mol. The third-order valence-corrected chi connectivity index (χ3v) is 5.97. The second-order valence-corrected chi connectivity index (χ2v) is 8.14. The van der Waals surface area contributed by atoms with E-state index in [1.807, 2.05) is 35.3 Å². The summed E-state index contributed by atoms with van der Waals surface area (Å²) < 4.78 is 0. The van der Waals surface area contributed by atoms with Crippen molar-refractivity contribution in [3.05, 3.63) is 108 Å². The first-order chi connectivity index (χ1) is 15.8. The number of benzene rings is 3. The van der Waals surface area contributed by atoms with Crippen molar-refractivity contribution in [2.75, 3.05) is 6.54 Å². The number of thiocarbonyl (C=S) groups is 1. The number of hydrogen-bond acceptors (Lipinski definition) is 4. The van der Waals surface area contributed by atoms with Crippen molar-refractivity contribution >= 4 is 34.1 Å². The van der Waals surface area contributed by atoms with Crippen LogP contribution in [0.3, 0.4) is 0 Å². The Morgan fingerprint density at radius 1 is 0.906 bits per heavy atom. The van der Waals surface area contributed by atoms with Crippen LogP contribution in [0.15, 0.2) is 96.4 Å². The van der Waals surface area contributed by atoms with E-state index in [1.165, 1.54) is 5.56 Å². The normalized spacial score (nSPS) is 15.6. The molecule has 158 valence electrons. The minimum Gasteiger partial charge on any atom is -0.361 e. The molecule has 2 heterocycles. The van der Waals surface area contributed by atoms with Gasteiger partial charge in [0.1, 0.15) is 0 Å². The van der Waals surface area contributed by atoms with Crippen LogP contribution in [-0.2, 0) is 6.42 Å². The minimum atomic E-state index is 0.00772. The molecule has 0 fully saturated rings. The molecule has 0 saturated heterocycles. The zero-order valence-electron chi connectivity index (χ0n) is 17.6. The average molecular weight is 438 g/mol. The minimum absolute atomic E-state index is 0.00772. The summed E-state index contributed by atoms with van der Waals surface area (Å²) in [4.78, 5) is 8.87. The van der Waals surface area contributed by atoms with Crippen LogP contribution in [0, 0.1) is 0 Å². The fourth-order valence-corrected chi connectivity index (χ4v) is 4.26. The van der Waals surface area contributed by atoms with Crippen LogP contribution in [0.1, 0.15) is 29.2 Å². The highest BCUT2D eigenvalue weighted by Gasteiger charge is 2.31. The van der Waals surface area contributed by atoms with Crippen molar-refractivity contribution in [1.82, 2.24) is 20.3 Å². The smallest absolute Gasteiger partial charge is 0.190 e. The van der Waals surface area contributed by atoms with Crippen LogP contribution in [-0.4, -0.2) is 32.3 Å². The third kappa shape index (κ3) is 4.36. The molecule has 5 nitrogen and oxygen atoms in total. The quantitative estimate of drug-likeness (QED) is 0.450. The second kappa shape index (κ2) is 9.24. The Balaban J connectivity index is 1.39. The fraction of sp³-hybridized carbons (Fsp3) is 0.154. The van der Waals surface area contributed by atoms with E-state index in [1.54, 1.807) is 12.4 Å². The third-order valence-electron chi connectivity index (χ3n) is 5.64. The molecule has 0 spiro atoms. The summed E-state index contributed by atoms with van der Waals surface area (Å²) in [5.41, 5.74) is 6.31. The topological polar surface area (TPSA) is 53.4 Å². The highest BCUT2D eigenvalue weighted by atomic mass is 32.1. The first kappa shape index (κ1) is 20.3. The Bertz CT molecular complexity index is 1260. The lowest BCUT2D eigenvalue weighted by Crippen LogP contribution is -2.37. The summed E-state index contributed by atoms with van der Waals surface area (Å²) >= 11 is 5.78. The van der Waals surface area contributed by atoms with Crippen molar-refractivity contribution in [3.8, 4) is 0 Å². The van der Waals surface area contributed by atoms with E-state index in [-0.39, 0.29) is 6.04 Å². The standard InChI is InChI=1S/C26H23N5S/c32-26(29-14-13-19-7-3-1-4-8-19)31-25(18-23(30-31)20-9-5-2-6-10-20)21-11-12-22-24(17-21)28-16-15-27-22/h1-12,15-17,25H,13-14,18H2,(H,29,32)/t25-/m1/s1. The van der Waals surface area contributed by atoms with Crippen LogP contribution in [0.25, 0.3) is 11.0 Å². The van der Waals surface area contributed by atoms with Gasteiger partial charge < -0.3 is 5.32 Å². The van der Waals surface area contributed by atoms with E-state index in [0.717, 1.165) is 47.3 Å². The number of rotatable bonds is 5. The summed E-state index contributed by atoms with van der Waals surface area (Å²) in [6.45, 7) is 0.755. The molecule has 4 aromatic rings. The average Bonchev–Trinajstić information content (AvgIpc) is 3.31. The maximum Gasteiger partial charge on any atom is 0.190 e. The lowest BCUT2D eigenvalue weighted by molar-refractivity contribution is 0.364. The van der Waals surface area contributed by atoms with Gasteiger partial charge in [-0.3, -0.25) is 9.97 Å². The number of hydrogen-bond donors (Lipinski definition) is 1. The van der Waals surface area contributed by atoms with Crippen LogP contribution < -0.4 is 5.32 Å². The predicted octanol–water partition coefficient (Wildman–Crippen LogP) is 4.90. The van der Waals surface area contributed by atoms with Crippen LogP contribution >= 0.6 is 12.2 Å². The maximum atomic E-state index is 5.78. The van der Waals surface area contributed by atoms with Gasteiger partial charge >= 0.3 is 0 Å². The largest absolute Gasteiger partial charge is 0.361 e. The van der Waals surface area contributed by atoms with Crippen molar-refractivity contribution < 1.29 is 0 Å². The van der Waals surface area contributed by atoms with Crippen LogP contribution in [0.4, 0.5) is 0 Å². The first-order valence-corrected chi connectivity index (χ1v) is 11.1. The number of fused-ring (bicyclic) bond motifs is 1. The van der Waals surface area contributed by atoms with E-state index in [9.17, 15) is 0 Å². The monoisotopic (exact) mass is 437 g/mol. The summed E-state index contributed by atoms with van der Waals surface area (Å²) in [6.07, 6.45) is 5.11. The summed E-state index contributed by atoms with van der Waals surface area (Å²) in [7, 11) is 0. The number of hydrazone groups is 1. The van der Waals surface area contributed by atoms with Gasteiger partial charge in [0.15, 0.2) is 5.11 Å². The van der Waals surface area contributed by atoms with Gasteiger partial charge in [-0.05, 0) is 47.5 Å².